The van der Waals surface area contributed by atoms with Gasteiger partial charge in [0.2, 0.25) is 0 Å². The summed E-state index contributed by atoms with van der Waals surface area (Å²) in [5, 5.41) is 0. The maximum absolute atomic E-state index is 6.06. The SMILES string of the molecule is CC(C)(c1ccc(N)cc1)c1cc(N)ccc1N. The zero-order valence-corrected chi connectivity index (χ0v) is 10.8. The molecule has 0 heterocycles. The highest BCUT2D eigenvalue weighted by atomic mass is 14.6. The van der Waals surface area contributed by atoms with Crippen molar-refractivity contribution in [2.45, 2.75) is 19.3 Å². The van der Waals surface area contributed by atoms with E-state index in [1.165, 1.54) is 0 Å². The lowest BCUT2D eigenvalue weighted by Crippen LogP contribution is -2.21. The molecule has 0 fully saturated rings. The summed E-state index contributed by atoms with van der Waals surface area (Å²) >= 11 is 0. The van der Waals surface area contributed by atoms with E-state index >= 15 is 0 Å². The van der Waals surface area contributed by atoms with Gasteiger partial charge in [-0.05, 0) is 41.5 Å². The molecule has 0 radical (unpaired) electrons. The molecule has 0 aliphatic heterocycles. The summed E-state index contributed by atoms with van der Waals surface area (Å²) in [5.41, 5.74) is 21.9. The van der Waals surface area contributed by atoms with Crippen molar-refractivity contribution in [1.82, 2.24) is 0 Å². The van der Waals surface area contributed by atoms with Crippen molar-refractivity contribution in [3.8, 4) is 0 Å². The maximum Gasteiger partial charge on any atom is 0.0357 e. The average Bonchev–Trinajstić information content (AvgIpc) is 2.32. The van der Waals surface area contributed by atoms with Crippen molar-refractivity contribution < 1.29 is 0 Å². The van der Waals surface area contributed by atoms with Crippen molar-refractivity contribution in [3.63, 3.8) is 0 Å². The number of hydrogen-bond acceptors (Lipinski definition) is 3. The molecule has 0 aliphatic rings. The molecule has 2 aromatic carbocycles. The summed E-state index contributed by atoms with van der Waals surface area (Å²) in [6.45, 7) is 4.26. The second kappa shape index (κ2) is 4.26. The standard InChI is InChI=1S/C15H19N3/c1-15(2,10-3-5-11(16)6-4-10)13-9-12(17)7-8-14(13)18/h3-9H,16-18H2,1-2H3. The molecule has 6 N–H and O–H groups in total. The van der Waals surface area contributed by atoms with Crippen LogP contribution in [0.3, 0.4) is 0 Å². The van der Waals surface area contributed by atoms with E-state index in [1.54, 1.807) is 0 Å². The van der Waals surface area contributed by atoms with Crippen molar-refractivity contribution in [2.75, 3.05) is 17.2 Å². The molecule has 2 rings (SSSR count). The Labute approximate surface area is 108 Å². The van der Waals surface area contributed by atoms with Gasteiger partial charge in [-0.3, -0.25) is 0 Å². The van der Waals surface area contributed by atoms with E-state index < -0.39 is 0 Å². The lowest BCUT2D eigenvalue weighted by Gasteiger charge is -2.28. The molecule has 2 aromatic rings. The summed E-state index contributed by atoms with van der Waals surface area (Å²) < 4.78 is 0. The van der Waals surface area contributed by atoms with E-state index in [-0.39, 0.29) is 5.41 Å². The number of rotatable bonds is 2. The van der Waals surface area contributed by atoms with E-state index in [0.29, 0.717) is 0 Å². The Morgan fingerprint density at radius 1 is 0.778 bits per heavy atom. The average molecular weight is 241 g/mol. The molecule has 0 atom stereocenters. The van der Waals surface area contributed by atoms with Crippen LogP contribution in [0.1, 0.15) is 25.0 Å². The van der Waals surface area contributed by atoms with Gasteiger partial charge in [-0.25, -0.2) is 0 Å². The predicted octanol–water partition coefficient (Wildman–Crippen LogP) is 2.76. The molecular formula is C15H19N3. The summed E-state index contributed by atoms with van der Waals surface area (Å²) in [4.78, 5) is 0. The Kier molecular flexibility index (Phi) is 2.91. The molecular weight excluding hydrogens is 222 g/mol. The first kappa shape index (κ1) is 12.3. The zero-order valence-electron chi connectivity index (χ0n) is 10.8. The first-order valence-electron chi connectivity index (χ1n) is 5.93. The van der Waals surface area contributed by atoms with Crippen LogP contribution in [0.25, 0.3) is 0 Å². The van der Waals surface area contributed by atoms with Crippen LogP contribution in [0.5, 0.6) is 0 Å². The minimum atomic E-state index is -0.201. The smallest absolute Gasteiger partial charge is 0.0357 e. The molecule has 0 unspecified atom stereocenters. The van der Waals surface area contributed by atoms with E-state index in [1.807, 2.05) is 42.5 Å². The number of benzene rings is 2. The fraction of sp³-hybridized carbons (Fsp3) is 0.200. The minimum absolute atomic E-state index is 0.201. The molecule has 0 saturated carbocycles. The van der Waals surface area contributed by atoms with Gasteiger partial charge in [0.1, 0.15) is 0 Å². The number of nitrogens with two attached hydrogens (primary N) is 3. The highest BCUT2D eigenvalue weighted by Crippen LogP contribution is 2.36. The third-order valence-electron chi connectivity index (χ3n) is 3.38. The van der Waals surface area contributed by atoms with Crippen molar-refractivity contribution >= 4 is 17.1 Å². The van der Waals surface area contributed by atoms with Gasteiger partial charge in [-0.15, -0.1) is 0 Å². The molecule has 0 spiro atoms. The number of hydrogen-bond donors (Lipinski definition) is 3. The van der Waals surface area contributed by atoms with E-state index in [2.05, 4.69) is 13.8 Å². The zero-order chi connectivity index (χ0) is 13.3. The molecule has 0 saturated heterocycles. The first-order chi connectivity index (χ1) is 8.41. The third kappa shape index (κ3) is 2.12. The highest BCUT2D eigenvalue weighted by Gasteiger charge is 2.25. The van der Waals surface area contributed by atoms with Crippen molar-refractivity contribution in [2.24, 2.45) is 0 Å². The van der Waals surface area contributed by atoms with Gasteiger partial charge in [0.05, 0.1) is 0 Å². The van der Waals surface area contributed by atoms with Crippen LogP contribution in [0.4, 0.5) is 17.1 Å². The Morgan fingerprint density at radius 2 is 1.33 bits per heavy atom. The van der Waals surface area contributed by atoms with Crippen LogP contribution in [0.2, 0.25) is 0 Å². The second-order valence-corrected chi connectivity index (χ2v) is 5.09. The van der Waals surface area contributed by atoms with Gasteiger partial charge in [0.15, 0.2) is 0 Å². The summed E-state index contributed by atoms with van der Waals surface area (Å²) in [6.07, 6.45) is 0. The quantitative estimate of drug-likeness (QED) is 0.707. The fourth-order valence-electron chi connectivity index (χ4n) is 2.17. The van der Waals surface area contributed by atoms with Crippen LogP contribution in [-0.2, 0) is 5.41 Å². The van der Waals surface area contributed by atoms with Crippen molar-refractivity contribution in [1.29, 1.82) is 0 Å². The van der Waals surface area contributed by atoms with Gasteiger partial charge >= 0.3 is 0 Å². The van der Waals surface area contributed by atoms with Crippen LogP contribution in [0, 0.1) is 0 Å². The third-order valence-corrected chi connectivity index (χ3v) is 3.38. The molecule has 0 aliphatic carbocycles. The van der Waals surface area contributed by atoms with Crippen LogP contribution < -0.4 is 17.2 Å². The predicted molar refractivity (Wildman–Crippen MR) is 78.2 cm³/mol. The maximum atomic E-state index is 6.06. The van der Waals surface area contributed by atoms with Crippen molar-refractivity contribution in [3.05, 3.63) is 53.6 Å². The molecule has 0 amide bonds. The summed E-state index contributed by atoms with van der Waals surface area (Å²) in [5.74, 6) is 0. The van der Waals surface area contributed by atoms with Crippen LogP contribution in [0.15, 0.2) is 42.5 Å². The summed E-state index contributed by atoms with van der Waals surface area (Å²) in [7, 11) is 0. The molecule has 0 bridgehead atoms. The monoisotopic (exact) mass is 241 g/mol. The normalized spacial score (nSPS) is 11.4. The second-order valence-electron chi connectivity index (χ2n) is 5.09. The van der Waals surface area contributed by atoms with Gasteiger partial charge < -0.3 is 17.2 Å². The molecule has 3 nitrogen and oxygen atoms in total. The van der Waals surface area contributed by atoms with E-state index in [0.717, 1.165) is 28.2 Å². The van der Waals surface area contributed by atoms with Gasteiger partial charge in [0.25, 0.3) is 0 Å². The van der Waals surface area contributed by atoms with E-state index in [9.17, 15) is 0 Å². The molecule has 18 heavy (non-hydrogen) atoms. The number of anilines is 3. The largest absolute Gasteiger partial charge is 0.399 e. The van der Waals surface area contributed by atoms with Gasteiger partial charge in [-0.2, -0.15) is 0 Å². The molecule has 3 heteroatoms. The van der Waals surface area contributed by atoms with Gasteiger partial charge in [-0.1, -0.05) is 26.0 Å². The van der Waals surface area contributed by atoms with Gasteiger partial charge in [0, 0.05) is 22.5 Å². The highest BCUT2D eigenvalue weighted by molar-refractivity contribution is 5.60. The summed E-state index contributed by atoms with van der Waals surface area (Å²) in [6, 6.07) is 13.5. The lowest BCUT2D eigenvalue weighted by molar-refractivity contribution is 0.644. The Balaban J connectivity index is 2.53. The fourth-order valence-corrected chi connectivity index (χ4v) is 2.17. The Hall–Kier alpha value is -2.16. The Morgan fingerprint density at radius 3 is 1.94 bits per heavy atom. The van der Waals surface area contributed by atoms with E-state index in [4.69, 9.17) is 17.2 Å². The van der Waals surface area contributed by atoms with Crippen LogP contribution >= 0.6 is 0 Å². The minimum Gasteiger partial charge on any atom is -0.399 e. The topological polar surface area (TPSA) is 78.1 Å². The first-order valence-corrected chi connectivity index (χ1v) is 5.93. The Bertz CT molecular complexity index is 556. The lowest BCUT2D eigenvalue weighted by atomic mass is 9.77. The van der Waals surface area contributed by atoms with Crippen LogP contribution in [-0.4, -0.2) is 0 Å². The molecule has 0 aromatic heterocycles. The molecule has 94 valence electrons. The number of nitrogen functional groups attached to an aromatic ring is 3.